The SMILES string of the molecule is C=C(C)CN(CCC(=O)O)c1nc(-c2ccccc2)cs1. The fraction of sp³-hybridized carbons (Fsp3) is 0.250. The third-order valence-corrected chi connectivity index (χ3v) is 3.79. The van der Waals surface area contributed by atoms with E-state index in [0.717, 1.165) is 22.0 Å². The molecule has 0 amide bonds. The fourth-order valence-electron chi connectivity index (χ4n) is 1.95. The smallest absolute Gasteiger partial charge is 0.305 e. The van der Waals surface area contributed by atoms with Gasteiger partial charge in [-0.05, 0) is 6.92 Å². The summed E-state index contributed by atoms with van der Waals surface area (Å²) in [5.41, 5.74) is 2.96. The highest BCUT2D eigenvalue weighted by Gasteiger charge is 2.13. The molecule has 1 heterocycles. The molecule has 0 unspecified atom stereocenters. The van der Waals surface area contributed by atoms with E-state index in [1.54, 1.807) is 0 Å². The number of rotatable bonds is 7. The maximum Gasteiger partial charge on any atom is 0.305 e. The monoisotopic (exact) mass is 302 g/mol. The molecule has 5 heteroatoms. The molecule has 0 bridgehead atoms. The molecule has 1 aromatic carbocycles. The maximum atomic E-state index is 10.8. The lowest BCUT2D eigenvalue weighted by atomic mass is 10.2. The van der Waals surface area contributed by atoms with E-state index >= 15 is 0 Å². The minimum atomic E-state index is -0.804. The van der Waals surface area contributed by atoms with Gasteiger partial charge in [0.05, 0.1) is 12.1 Å². The van der Waals surface area contributed by atoms with Crippen molar-refractivity contribution >= 4 is 22.4 Å². The summed E-state index contributed by atoms with van der Waals surface area (Å²) in [6.07, 6.45) is 0.0908. The van der Waals surface area contributed by atoms with Crippen molar-refractivity contribution < 1.29 is 9.90 Å². The number of nitrogens with zero attached hydrogens (tertiary/aromatic N) is 2. The fourth-order valence-corrected chi connectivity index (χ4v) is 2.81. The van der Waals surface area contributed by atoms with E-state index < -0.39 is 5.97 Å². The molecule has 2 rings (SSSR count). The minimum absolute atomic E-state index is 0.0908. The Balaban J connectivity index is 2.18. The van der Waals surface area contributed by atoms with E-state index in [1.807, 2.05) is 47.5 Å². The molecule has 21 heavy (non-hydrogen) atoms. The van der Waals surface area contributed by atoms with Crippen molar-refractivity contribution in [3.63, 3.8) is 0 Å². The number of aromatic nitrogens is 1. The van der Waals surface area contributed by atoms with Crippen molar-refractivity contribution in [1.82, 2.24) is 4.98 Å². The van der Waals surface area contributed by atoms with Gasteiger partial charge in [0.2, 0.25) is 0 Å². The molecule has 0 saturated carbocycles. The Morgan fingerprint density at radius 3 is 2.71 bits per heavy atom. The van der Waals surface area contributed by atoms with Gasteiger partial charge in [0.15, 0.2) is 5.13 Å². The number of benzene rings is 1. The second-order valence-electron chi connectivity index (χ2n) is 4.90. The zero-order chi connectivity index (χ0) is 15.2. The van der Waals surface area contributed by atoms with Gasteiger partial charge in [0.1, 0.15) is 0 Å². The average Bonchev–Trinajstić information content (AvgIpc) is 2.93. The van der Waals surface area contributed by atoms with Crippen LogP contribution in [-0.2, 0) is 4.79 Å². The molecule has 0 spiro atoms. The van der Waals surface area contributed by atoms with Gasteiger partial charge in [-0.15, -0.1) is 11.3 Å². The van der Waals surface area contributed by atoms with Crippen LogP contribution in [0.2, 0.25) is 0 Å². The molecule has 0 radical (unpaired) electrons. The molecule has 0 atom stereocenters. The number of hydrogen-bond donors (Lipinski definition) is 1. The second-order valence-corrected chi connectivity index (χ2v) is 5.74. The Morgan fingerprint density at radius 2 is 2.10 bits per heavy atom. The van der Waals surface area contributed by atoms with Gasteiger partial charge in [-0.2, -0.15) is 0 Å². The normalized spacial score (nSPS) is 10.3. The lowest BCUT2D eigenvalue weighted by molar-refractivity contribution is -0.136. The Bertz CT molecular complexity index is 622. The highest BCUT2D eigenvalue weighted by molar-refractivity contribution is 7.14. The van der Waals surface area contributed by atoms with Crippen LogP contribution in [0.15, 0.2) is 47.9 Å². The number of carbonyl (C=O) groups is 1. The zero-order valence-corrected chi connectivity index (χ0v) is 12.8. The Kier molecular flexibility index (Phi) is 5.11. The van der Waals surface area contributed by atoms with Crippen molar-refractivity contribution in [3.05, 3.63) is 47.9 Å². The minimum Gasteiger partial charge on any atom is -0.481 e. The van der Waals surface area contributed by atoms with Crippen molar-refractivity contribution in [1.29, 1.82) is 0 Å². The molecule has 0 saturated heterocycles. The Hall–Kier alpha value is -2.14. The summed E-state index contributed by atoms with van der Waals surface area (Å²) in [6, 6.07) is 9.95. The van der Waals surface area contributed by atoms with Crippen molar-refractivity contribution in [3.8, 4) is 11.3 Å². The predicted molar refractivity (Wildman–Crippen MR) is 86.8 cm³/mol. The second kappa shape index (κ2) is 7.04. The van der Waals surface area contributed by atoms with Crippen LogP contribution in [0.25, 0.3) is 11.3 Å². The van der Waals surface area contributed by atoms with E-state index in [1.165, 1.54) is 11.3 Å². The first-order valence-electron chi connectivity index (χ1n) is 6.68. The van der Waals surface area contributed by atoms with Crippen LogP contribution < -0.4 is 4.90 Å². The number of carboxylic acids is 1. The first kappa shape index (κ1) is 15.3. The molecule has 0 aliphatic carbocycles. The van der Waals surface area contributed by atoms with Crippen LogP contribution in [-0.4, -0.2) is 29.1 Å². The van der Waals surface area contributed by atoms with Gasteiger partial charge in [0, 0.05) is 24.0 Å². The topological polar surface area (TPSA) is 53.4 Å². The van der Waals surface area contributed by atoms with E-state index in [4.69, 9.17) is 5.11 Å². The number of thiazole rings is 1. The summed E-state index contributed by atoms with van der Waals surface area (Å²) in [4.78, 5) is 17.4. The summed E-state index contributed by atoms with van der Waals surface area (Å²) in [5.74, 6) is -0.804. The molecule has 1 N–H and O–H groups in total. The molecule has 0 aliphatic rings. The van der Waals surface area contributed by atoms with Crippen LogP contribution in [0, 0.1) is 0 Å². The molecule has 4 nitrogen and oxygen atoms in total. The van der Waals surface area contributed by atoms with Gasteiger partial charge >= 0.3 is 5.97 Å². The molecule has 110 valence electrons. The third kappa shape index (κ3) is 4.43. The van der Waals surface area contributed by atoms with Crippen LogP contribution in [0.4, 0.5) is 5.13 Å². The number of hydrogen-bond acceptors (Lipinski definition) is 4. The zero-order valence-electron chi connectivity index (χ0n) is 12.0. The Morgan fingerprint density at radius 1 is 1.38 bits per heavy atom. The van der Waals surface area contributed by atoms with E-state index in [2.05, 4.69) is 11.6 Å². The van der Waals surface area contributed by atoms with Crippen LogP contribution >= 0.6 is 11.3 Å². The van der Waals surface area contributed by atoms with Crippen molar-refractivity contribution in [2.45, 2.75) is 13.3 Å². The molecular formula is C16H18N2O2S. The maximum absolute atomic E-state index is 10.8. The first-order chi connectivity index (χ1) is 10.1. The molecule has 0 fully saturated rings. The van der Waals surface area contributed by atoms with Crippen LogP contribution in [0.5, 0.6) is 0 Å². The van der Waals surface area contributed by atoms with Crippen molar-refractivity contribution in [2.24, 2.45) is 0 Å². The standard InChI is InChI=1S/C16H18N2O2S/c1-12(2)10-18(9-8-15(19)20)16-17-14(11-21-16)13-6-4-3-5-7-13/h3-7,11H,1,8-10H2,2H3,(H,19,20). The number of aliphatic carboxylic acids is 1. The van der Waals surface area contributed by atoms with Crippen LogP contribution in [0.1, 0.15) is 13.3 Å². The first-order valence-corrected chi connectivity index (χ1v) is 7.56. The van der Waals surface area contributed by atoms with E-state index in [9.17, 15) is 4.79 Å². The lowest BCUT2D eigenvalue weighted by Gasteiger charge is -2.20. The highest BCUT2D eigenvalue weighted by atomic mass is 32.1. The summed E-state index contributed by atoms with van der Waals surface area (Å²) < 4.78 is 0. The largest absolute Gasteiger partial charge is 0.481 e. The highest BCUT2D eigenvalue weighted by Crippen LogP contribution is 2.27. The van der Waals surface area contributed by atoms with Gasteiger partial charge in [-0.3, -0.25) is 4.79 Å². The summed E-state index contributed by atoms with van der Waals surface area (Å²) in [5, 5.41) is 11.7. The van der Waals surface area contributed by atoms with Gasteiger partial charge in [-0.1, -0.05) is 42.5 Å². The van der Waals surface area contributed by atoms with Gasteiger partial charge < -0.3 is 10.0 Å². The summed E-state index contributed by atoms with van der Waals surface area (Å²) in [6.45, 7) is 6.88. The Labute approximate surface area is 128 Å². The van der Waals surface area contributed by atoms with Gasteiger partial charge in [0.25, 0.3) is 0 Å². The summed E-state index contributed by atoms with van der Waals surface area (Å²) in [7, 11) is 0. The third-order valence-electron chi connectivity index (χ3n) is 2.89. The number of carboxylic acid groups (broad SMARTS) is 1. The van der Waals surface area contributed by atoms with Gasteiger partial charge in [-0.25, -0.2) is 4.98 Å². The van der Waals surface area contributed by atoms with Crippen molar-refractivity contribution in [2.75, 3.05) is 18.0 Å². The molecular weight excluding hydrogens is 284 g/mol. The van der Waals surface area contributed by atoms with Crippen LogP contribution in [0.3, 0.4) is 0 Å². The summed E-state index contributed by atoms with van der Waals surface area (Å²) >= 11 is 1.53. The lowest BCUT2D eigenvalue weighted by Crippen LogP contribution is -2.27. The number of anilines is 1. The molecule has 1 aromatic heterocycles. The predicted octanol–water partition coefficient (Wildman–Crippen LogP) is 3.67. The van der Waals surface area contributed by atoms with E-state index in [0.29, 0.717) is 13.1 Å². The molecule has 2 aromatic rings. The quantitative estimate of drug-likeness (QED) is 0.793. The molecule has 0 aliphatic heterocycles. The van der Waals surface area contributed by atoms with E-state index in [-0.39, 0.29) is 6.42 Å². The average molecular weight is 302 g/mol.